The first-order valence-corrected chi connectivity index (χ1v) is 10.9. The Hall–Kier alpha value is -1.68. The largest absolute Gasteiger partial charge is 0.477 e. The number of tetrazole rings is 1. The van der Waals surface area contributed by atoms with Gasteiger partial charge in [-0.05, 0) is 17.2 Å². The summed E-state index contributed by atoms with van der Waals surface area (Å²) < 4.78 is 22.7. The van der Waals surface area contributed by atoms with Gasteiger partial charge in [0.15, 0.2) is 0 Å². The highest BCUT2D eigenvalue weighted by molar-refractivity contribution is 8.01. The quantitative estimate of drug-likeness (QED) is 0.278. The number of sulfonamides is 1. The molecule has 15 heteroatoms. The van der Waals surface area contributed by atoms with E-state index in [0.29, 0.717) is 5.57 Å². The number of aromatic nitrogens is 4. The zero-order valence-corrected chi connectivity index (χ0v) is 15.6. The normalized spacial score (nSPS) is 24.2. The number of fused-ring (bicyclic) bond motifs is 1. The Balaban J connectivity index is 1.96. The Labute approximate surface area is 156 Å². The van der Waals surface area contributed by atoms with Gasteiger partial charge in [-0.25, -0.2) is 18.4 Å². The number of carbonyl (C=O) groups is 2. The second-order valence-corrected chi connectivity index (χ2v) is 9.58. The second kappa shape index (κ2) is 7.15. The van der Waals surface area contributed by atoms with Crippen molar-refractivity contribution in [3.63, 3.8) is 0 Å². The van der Waals surface area contributed by atoms with E-state index in [4.69, 9.17) is 10.9 Å². The molecule has 0 saturated carbocycles. The number of hydrogen-bond donors (Lipinski definition) is 4. The van der Waals surface area contributed by atoms with E-state index in [1.54, 1.807) is 0 Å². The van der Waals surface area contributed by atoms with E-state index < -0.39 is 38.6 Å². The molecular weight excluding hydrogens is 406 g/mol. The molecule has 0 radical (unpaired) electrons. The predicted molar refractivity (Wildman–Crippen MR) is 92.1 cm³/mol. The Morgan fingerprint density at radius 1 is 1.54 bits per heavy atom. The molecule has 1 aromatic heterocycles. The van der Waals surface area contributed by atoms with Crippen LogP contribution in [0.5, 0.6) is 0 Å². The van der Waals surface area contributed by atoms with Crippen molar-refractivity contribution in [1.29, 1.82) is 0 Å². The molecule has 2 unspecified atom stereocenters. The van der Waals surface area contributed by atoms with E-state index in [2.05, 4.69) is 20.6 Å². The molecule has 1 aromatic rings. The number of rotatable bonds is 7. The lowest BCUT2D eigenvalue weighted by atomic mass is 10.0. The third-order valence-corrected chi connectivity index (χ3v) is 7.18. The summed E-state index contributed by atoms with van der Waals surface area (Å²) in [5, 5.41) is 27.2. The summed E-state index contributed by atoms with van der Waals surface area (Å²) in [6.07, 6.45) is 0.0312. The van der Waals surface area contributed by atoms with Crippen LogP contribution in [0, 0.1) is 0 Å². The van der Waals surface area contributed by atoms with E-state index >= 15 is 0 Å². The van der Waals surface area contributed by atoms with Crippen molar-refractivity contribution in [3.8, 4) is 0 Å². The lowest BCUT2D eigenvalue weighted by Gasteiger charge is -2.48. The molecule has 0 aliphatic carbocycles. The molecule has 142 valence electrons. The van der Waals surface area contributed by atoms with Gasteiger partial charge in [0, 0.05) is 11.0 Å². The lowest BCUT2D eigenvalue weighted by molar-refractivity contribution is -0.148. The first-order chi connectivity index (χ1) is 12.2. The van der Waals surface area contributed by atoms with Crippen LogP contribution in [0.3, 0.4) is 0 Å². The van der Waals surface area contributed by atoms with Crippen LogP contribution < -0.4 is 10.9 Å². The molecule has 2 aliphatic rings. The Morgan fingerprint density at radius 2 is 2.27 bits per heavy atom. The van der Waals surface area contributed by atoms with Crippen molar-refractivity contribution in [2.24, 2.45) is 10.9 Å². The zero-order valence-electron chi connectivity index (χ0n) is 13.1. The summed E-state index contributed by atoms with van der Waals surface area (Å²) in [6.45, 7) is 0. The minimum Gasteiger partial charge on any atom is -0.477 e. The van der Waals surface area contributed by atoms with Crippen LogP contribution in [0.15, 0.2) is 16.4 Å². The van der Waals surface area contributed by atoms with Crippen LogP contribution >= 0.6 is 23.5 Å². The number of aliphatic carboxylic acids is 1. The molecule has 1 saturated heterocycles. The highest BCUT2D eigenvalue weighted by Crippen LogP contribution is 2.43. The van der Waals surface area contributed by atoms with Crippen LogP contribution in [-0.4, -0.2) is 79.1 Å². The van der Waals surface area contributed by atoms with Crippen molar-refractivity contribution in [3.05, 3.63) is 11.3 Å². The highest BCUT2D eigenvalue weighted by atomic mass is 32.2. The maximum Gasteiger partial charge on any atom is 0.352 e. The fraction of sp³-hybridized carbons (Fsp3) is 0.545. The van der Waals surface area contributed by atoms with E-state index in [9.17, 15) is 23.1 Å². The Morgan fingerprint density at radius 3 is 2.85 bits per heavy atom. The summed E-state index contributed by atoms with van der Waals surface area (Å²) in [4.78, 5) is 25.0. The fourth-order valence-electron chi connectivity index (χ4n) is 2.69. The molecule has 3 rings (SSSR count). The van der Waals surface area contributed by atoms with Crippen molar-refractivity contribution in [1.82, 2.24) is 25.5 Å². The molecule has 3 atom stereocenters. The third-order valence-electron chi connectivity index (χ3n) is 3.87. The monoisotopic (exact) mass is 421 g/mol. The van der Waals surface area contributed by atoms with Gasteiger partial charge in [-0.1, -0.05) is 11.8 Å². The van der Waals surface area contributed by atoms with Crippen molar-refractivity contribution in [2.45, 2.75) is 28.2 Å². The number of carboxylic acid groups (broad SMARTS) is 1. The topological polar surface area (TPSA) is 198 Å². The van der Waals surface area contributed by atoms with Gasteiger partial charge in [-0.2, -0.15) is 5.21 Å². The average Bonchev–Trinajstić information content (AvgIpc) is 3.08. The number of thioether (sulfide) groups is 2. The molecule has 12 nitrogen and oxygen atoms in total. The molecule has 26 heavy (non-hydrogen) atoms. The average molecular weight is 421 g/mol. The number of aromatic amines is 1. The van der Waals surface area contributed by atoms with Gasteiger partial charge in [-0.15, -0.1) is 22.0 Å². The summed E-state index contributed by atoms with van der Waals surface area (Å²) in [5.74, 6) is -1.84. The first-order valence-electron chi connectivity index (χ1n) is 7.26. The van der Waals surface area contributed by atoms with Crippen molar-refractivity contribution < 1.29 is 23.1 Å². The Kier molecular flexibility index (Phi) is 5.25. The summed E-state index contributed by atoms with van der Waals surface area (Å²) >= 11 is 2.38. The number of H-pyrrole nitrogens is 1. The summed E-state index contributed by atoms with van der Waals surface area (Å²) in [7, 11) is -3.76. The van der Waals surface area contributed by atoms with Crippen molar-refractivity contribution >= 4 is 45.4 Å². The molecule has 1 fully saturated rings. The van der Waals surface area contributed by atoms with Gasteiger partial charge in [0.1, 0.15) is 17.1 Å². The van der Waals surface area contributed by atoms with E-state index in [1.165, 1.54) is 11.8 Å². The van der Waals surface area contributed by atoms with Crippen LogP contribution in [0.25, 0.3) is 0 Å². The first kappa shape index (κ1) is 19.1. The molecule has 1 amide bonds. The number of nitrogens with zero attached hydrogens (tertiary/aromatic N) is 4. The van der Waals surface area contributed by atoms with Crippen LogP contribution in [-0.2, 0) is 19.6 Å². The summed E-state index contributed by atoms with van der Waals surface area (Å²) in [6, 6.07) is -0.747. The predicted octanol–water partition coefficient (Wildman–Crippen LogP) is -2.08. The summed E-state index contributed by atoms with van der Waals surface area (Å²) in [5.41, 5.74) is 5.95. The third kappa shape index (κ3) is 3.71. The van der Waals surface area contributed by atoms with Gasteiger partial charge >= 0.3 is 5.97 Å². The number of hydrogen-bond acceptors (Lipinski definition) is 10. The van der Waals surface area contributed by atoms with Crippen molar-refractivity contribution in [2.75, 3.05) is 11.5 Å². The number of nitrogens with two attached hydrogens (primary N) is 2. The number of β-lactam (4-membered cyclic amide) rings is 1. The molecule has 0 spiro atoms. The molecule has 0 bridgehead atoms. The fourth-order valence-corrected chi connectivity index (χ4v) is 5.89. The Bertz CT molecular complexity index is 856. The minimum atomic E-state index is -3.76. The van der Waals surface area contributed by atoms with E-state index in [1.807, 2.05) is 0 Å². The molecule has 3 heterocycles. The number of amides is 1. The second-order valence-electron chi connectivity index (χ2n) is 5.57. The van der Waals surface area contributed by atoms with Gasteiger partial charge in [0.05, 0.1) is 5.75 Å². The van der Waals surface area contributed by atoms with Gasteiger partial charge in [0.2, 0.25) is 21.1 Å². The van der Waals surface area contributed by atoms with Gasteiger partial charge in [0.25, 0.3) is 0 Å². The zero-order chi connectivity index (χ0) is 19.1. The standard InChI is InChI=1S/C11H15N7O5S3/c12-6-8(19)18-7(10(20)21)4(3-24-9(6)18)5(1-2-26(13,22)23)25-11-14-16-17-15-11/h5-6,9H,1-3,12H2,(H,20,21)(H2,13,22,23)(H,14,15,16,17)/t5?,6?,9-/m1/s1. The molecule has 6 N–H and O–H groups in total. The van der Waals surface area contributed by atoms with Crippen LogP contribution in [0.4, 0.5) is 0 Å². The molecule has 0 aromatic carbocycles. The lowest BCUT2D eigenvalue weighted by Crippen LogP contribution is -2.68. The number of carbonyl (C=O) groups excluding carboxylic acids is 1. The maximum atomic E-state index is 12.0. The number of nitrogens with one attached hydrogen (secondary N) is 1. The smallest absolute Gasteiger partial charge is 0.352 e. The maximum absolute atomic E-state index is 12.0. The van der Waals surface area contributed by atoms with Crippen LogP contribution in [0.1, 0.15) is 6.42 Å². The minimum absolute atomic E-state index is 0.0312. The molecular formula is C11H15N7O5S3. The SMILES string of the molecule is NC1C(=O)N2C(C(=O)O)=C(C(CCS(N)(=O)=O)Sc3nn[nH]n3)CS[C@H]12. The van der Waals surface area contributed by atoms with Crippen LogP contribution in [0.2, 0.25) is 0 Å². The van der Waals surface area contributed by atoms with E-state index in [0.717, 1.165) is 16.7 Å². The number of carboxylic acids is 1. The molecule has 2 aliphatic heterocycles. The van der Waals surface area contributed by atoms with Gasteiger partial charge < -0.3 is 10.8 Å². The number of primary sulfonamides is 1. The van der Waals surface area contributed by atoms with Gasteiger partial charge in [-0.3, -0.25) is 9.69 Å². The van der Waals surface area contributed by atoms with E-state index in [-0.39, 0.29) is 28.8 Å². The highest BCUT2D eigenvalue weighted by Gasteiger charge is 2.52.